The fourth-order valence-electron chi connectivity index (χ4n) is 1.93. The number of aryl methyl sites for hydroxylation is 1. The number of amides is 1. The lowest BCUT2D eigenvalue weighted by Gasteiger charge is -2.27. The van der Waals surface area contributed by atoms with Gasteiger partial charge in [0.1, 0.15) is 0 Å². The van der Waals surface area contributed by atoms with Crippen LogP contribution < -0.4 is 10.6 Å². The zero-order valence-corrected chi connectivity index (χ0v) is 10.5. The van der Waals surface area contributed by atoms with Gasteiger partial charge in [-0.1, -0.05) is 31.2 Å². The molecule has 1 aromatic carbocycles. The van der Waals surface area contributed by atoms with Crippen LogP contribution in [0.1, 0.15) is 31.0 Å². The van der Waals surface area contributed by atoms with Crippen molar-refractivity contribution < 1.29 is 4.79 Å². The van der Waals surface area contributed by atoms with Crippen LogP contribution in [0.5, 0.6) is 0 Å². The van der Waals surface area contributed by atoms with Gasteiger partial charge >= 0.3 is 0 Å². The minimum absolute atomic E-state index is 0.0917. The summed E-state index contributed by atoms with van der Waals surface area (Å²) in [7, 11) is 0. The van der Waals surface area contributed by atoms with Crippen molar-refractivity contribution in [2.75, 3.05) is 13.1 Å². The third-order valence-electron chi connectivity index (χ3n) is 3.40. The second kappa shape index (κ2) is 5.32. The van der Waals surface area contributed by atoms with E-state index in [-0.39, 0.29) is 17.9 Å². The van der Waals surface area contributed by atoms with E-state index in [1.54, 1.807) is 0 Å². The van der Waals surface area contributed by atoms with Gasteiger partial charge in [-0.05, 0) is 24.5 Å². The van der Waals surface area contributed by atoms with Gasteiger partial charge in [0.15, 0.2) is 0 Å². The smallest absolute Gasteiger partial charge is 0.226 e. The SMILES string of the molecule is CCc1ccc(C(C)NC(=O)C2CNC2)cc1. The van der Waals surface area contributed by atoms with Crippen molar-refractivity contribution in [3.05, 3.63) is 35.4 Å². The summed E-state index contributed by atoms with van der Waals surface area (Å²) in [6.45, 7) is 5.80. The molecule has 3 heteroatoms. The highest BCUT2D eigenvalue weighted by atomic mass is 16.2. The summed E-state index contributed by atoms with van der Waals surface area (Å²) in [5, 5.41) is 6.17. The summed E-state index contributed by atoms with van der Waals surface area (Å²) in [6.07, 6.45) is 1.05. The van der Waals surface area contributed by atoms with Crippen molar-refractivity contribution in [1.82, 2.24) is 10.6 Å². The van der Waals surface area contributed by atoms with E-state index in [1.807, 2.05) is 6.92 Å². The molecule has 2 N–H and O–H groups in total. The molecule has 0 radical (unpaired) electrons. The lowest BCUT2D eigenvalue weighted by molar-refractivity contribution is -0.127. The van der Waals surface area contributed by atoms with Gasteiger partial charge in [-0.3, -0.25) is 4.79 Å². The molecule has 0 aromatic heterocycles. The molecule has 0 spiro atoms. The fraction of sp³-hybridized carbons (Fsp3) is 0.500. The van der Waals surface area contributed by atoms with E-state index in [4.69, 9.17) is 0 Å². The van der Waals surface area contributed by atoms with Crippen LogP contribution in [0.3, 0.4) is 0 Å². The van der Waals surface area contributed by atoms with E-state index in [2.05, 4.69) is 41.8 Å². The second-order valence-corrected chi connectivity index (χ2v) is 4.68. The first-order valence-electron chi connectivity index (χ1n) is 6.30. The average Bonchev–Trinajstić information content (AvgIpc) is 2.26. The topological polar surface area (TPSA) is 41.1 Å². The number of nitrogens with one attached hydrogen (secondary N) is 2. The number of benzene rings is 1. The Kier molecular flexibility index (Phi) is 3.79. The van der Waals surface area contributed by atoms with Crippen molar-refractivity contribution in [1.29, 1.82) is 0 Å². The van der Waals surface area contributed by atoms with Crippen molar-refractivity contribution in [3.8, 4) is 0 Å². The third-order valence-corrected chi connectivity index (χ3v) is 3.40. The molecule has 1 atom stereocenters. The van der Waals surface area contributed by atoms with E-state index < -0.39 is 0 Å². The molecular formula is C14H20N2O. The van der Waals surface area contributed by atoms with Crippen molar-refractivity contribution in [2.24, 2.45) is 5.92 Å². The first-order chi connectivity index (χ1) is 8.20. The Morgan fingerprint density at radius 3 is 2.53 bits per heavy atom. The van der Waals surface area contributed by atoms with Crippen molar-refractivity contribution in [3.63, 3.8) is 0 Å². The van der Waals surface area contributed by atoms with Gasteiger partial charge in [0.05, 0.1) is 12.0 Å². The van der Waals surface area contributed by atoms with E-state index >= 15 is 0 Å². The maximum atomic E-state index is 11.8. The number of carbonyl (C=O) groups excluding carboxylic acids is 1. The van der Waals surface area contributed by atoms with Crippen molar-refractivity contribution in [2.45, 2.75) is 26.3 Å². The predicted molar refractivity (Wildman–Crippen MR) is 68.7 cm³/mol. The third kappa shape index (κ3) is 2.86. The highest BCUT2D eigenvalue weighted by Gasteiger charge is 2.25. The number of rotatable bonds is 4. The highest BCUT2D eigenvalue weighted by Crippen LogP contribution is 2.15. The summed E-state index contributed by atoms with van der Waals surface area (Å²) < 4.78 is 0. The summed E-state index contributed by atoms with van der Waals surface area (Å²) >= 11 is 0. The standard InChI is InChI=1S/C14H20N2O/c1-3-11-4-6-12(7-5-11)10(2)16-14(17)13-8-15-9-13/h4-7,10,13,15H,3,8-9H2,1-2H3,(H,16,17). The maximum Gasteiger partial charge on any atom is 0.226 e. The first kappa shape index (κ1) is 12.1. The molecule has 1 aliphatic heterocycles. The normalized spacial score (nSPS) is 17.3. The van der Waals surface area contributed by atoms with Crippen LogP contribution in [0.4, 0.5) is 0 Å². The molecule has 1 saturated heterocycles. The Morgan fingerprint density at radius 1 is 1.41 bits per heavy atom. The minimum atomic E-state index is 0.0917. The Labute approximate surface area is 103 Å². The summed E-state index contributed by atoms with van der Waals surface area (Å²) in [4.78, 5) is 11.8. The summed E-state index contributed by atoms with van der Waals surface area (Å²) in [5.74, 6) is 0.322. The Hall–Kier alpha value is -1.35. The van der Waals surface area contributed by atoms with Gasteiger partial charge in [-0.25, -0.2) is 0 Å². The Balaban J connectivity index is 1.93. The highest BCUT2D eigenvalue weighted by molar-refractivity contribution is 5.80. The molecule has 1 aliphatic rings. The van der Waals surface area contributed by atoms with Crippen molar-refractivity contribution >= 4 is 5.91 Å². The monoisotopic (exact) mass is 232 g/mol. The van der Waals surface area contributed by atoms with E-state index in [0.717, 1.165) is 19.5 Å². The molecule has 0 saturated carbocycles. The van der Waals surface area contributed by atoms with E-state index in [1.165, 1.54) is 11.1 Å². The molecule has 1 fully saturated rings. The predicted octanol–water partition coefficient (Wildman–Crippen LogP) is 1.65. The molecule has 2 rings (SSSR count). The van der Waals surface area contributed by atoms with E-state index in [9.17, 15) is 4.79 Å². The molecule has 1 heterocycles. The van der Waals surface area contributed by atoms with Crippen LogP contribution in [0.2, 0.25) is 0 Å². The molecular weight excluding hydrogens is 212 g/mol. The van der Waals surface area contributed by atoms with Crippen LogP contribution >= 0.6 is 0 Å². The molecule has 3 nitrogen and oxygen atoms in total. The average molecular weight is 232 g/mol. The molecule has 0 bridgehead atoms. The maximum absolute atomic E-state index is 11.8. The zero-order valence-electron chi connectivity index (χ0n) is 10.5. The lowest BCUT2D eigenvalue weighted by atomic mass is 10.0. The van der Waals surface area contributed by atoms with Crippen LogP contribution in [0, 0.1) is 5.92 Å². The van der Waals surface area contributed by atoms with E-state index in [0.29, 0.717) is 0 Å². The Bertz CT molecular complexity index is 382. The first-order valence-corrected chi connectivity index (χ1v) is 6.30. The molecule has 1 amide bonds. The van der Waals surface area contributed by atoms with Crippen LogP contribution in [0.25, 0.3) is 0 Å². The van der Waals surface area contributed by atoms with Gasteiger partial charge in [0, 0.05) is 13.1 Å². The molecule has 1 aromatic rings. The largest absolute Gasteiger partial charge is 0.349 e. The molecule has 1 unspecified atom stereocenters. The van der Waals surface area contributed by atoms with Gasteiger partial charge in [-0.2, -0.15) is 0 Å². The van der Waals surface area contributed by atoms with Crippen LogP contribution in [0.15, 0.2) is 24.3 Å². The number of hydrogen-bond acceptors (Lipinski definition) is 2. The molecule has 0 aliphatic carbocycles. The van der Waals surface area contributed by atoms with Crippen LogP contribution in [-0.2, 0) is 11.2 Å². The van der Waals surface area contributed by atoms with Gasteiger partial charge in [-0.15, -0.1) is 0 Å². The van der Waals surface area contributed by atoms with Gasteiger partial charge < -0.3 is 10.6 Å². The summed E-state index contributed by atoms with van der Waals surface area (Å²) in [6, 6.07) is 8.55. The fourth-order valence-corrected chi connectivity index (χ4v) is 1.93. The Morgan fingerprint density at radius 2 is 2.06 bits per heavy atom. The quantitative estimate of drug-likeness (QED) is 0.828. The minimum Gasteiger partial charge on any atom is -0.349 e. The zero-order chi connectivity index (χ0) is 12.3. The van der Waals surface area contributed by atoms with Crippen LogP contribution in [-0.4, -0.2) is 19.0 Å². The molecule has 17 heavy (non-hydrogen) atoms. The van der Waals surface area contributed by atoms with Gasteiger partial charge in [0.2, 0.25) is 5.91 Å². The number of hydrogen-bond donors (Lipinski definition) is 2. The van der Waals surface area contributed by atoms with Gasteiger partial charge in [0.25, 0.3) is 0 Å². The summed E-state index contributed by atoms with van der Waals surface area (Å²) in [5.41, 5.74) is 2.50. The second-order valence-electron chi connectivity index (χ2n) is 4.68. The lowest BCUT2D eigenvalue weighted by Crippen LogP contribution is -2.51. The molecule has 92 valence electrons. The number of carbonyl (C=O) groups is 1.